The Bertz CT molecular complexity index is 1370. The minimum atomic E-state index is -0.949. The van der Waals surface area contributed by atoms with E-state index in [4.69, 9.17) is 16.3 Å². The van der Waals surface area contributed by atoms with Crippen molar-refractivity contribution >= 4 is 17.6 Å². The van der Waals surface area contributed by atoms with Gasteiger partial charge in [0.1, 0.15) is 18.2 Å². The molecule has 10 heteroatoms. The van der Waals surface area contributed by atoms with Crippen molar-refractivity contribution in [3.05, 3.63) is 80.6 Å². The molecule has 1 saturated carbocycles. The topological polar surface area (TPSA) is 96.9 Å². The van der Waals surface area contributed by atoms with E-state index >= 15 is 0 Å². The molecule has 8 nitrogen and oxygen atoms in total. The molecule has 1 heterocycles. The Morgan fingerprint density at radius 3 is 2.59 bits per heavy atom. The van der Waals surface area contributed by atoms with Gasteiger partial charge < -0.3 is 14.9 Å². The van der Waals surface area contributed by atoms with Crippen molar-refractivity contribution in [2.75, 3.05) is 13.2 Å². The van der Waals surface area contributed by atoms with Crippen LogP contribution in [-0.2, 0) is 24.9 Å². The summed E-state index contributed by atoms with van der Waals surface area (Å²) in [6.45, 7) is 3.54. The monoisotopic (exact) mass is 559 g/mol. The summed E-state index contributed by atoms with van der Waals surface area (Å²) in [7, 11) is 1.57. The Balaban J connectivity index is 1.52. The number of aromatic nitrogens is 2. The molecule has 210 valence electrons. The Labute approximate surface area is 232 Å². The van der Waals surface area contributed by atoms with Gasteiger partial charge in [-0.25, -0.2) is 9.18 Å². The van der Waals surface area contributed by atoms with E-state index in [1.54, 1.807) is 13.1 Å². The summed E-state index contributed by atoms with van der Waals surface area (Å²) in [5.74, 6) is -0.507. The van der Waals surface area contributed by atoms with Gasteiger partial charge in [0.05, 0.1) is 24.2 Å². The third-order valence-corrected chi connectivity index (χ3v) is 7.73. The second-order valence-electron chi connectivity index (χ2n) is 10.3. The van der Waals surface area contributed by atoms with Crippen LogP contribution in [0.4, 0.5) is 4.39 Å². The Morgan fingerprint density at radius 2 is 1.97 bits per heavy atom. The molecule has 0 amide bonds. The maximum Gasteiger partial charge on any atom is 0.330 e. The third kappa shape index (κ3) is 7.22. The number of aliphatic carboxylic acids is 1. The van der Waals surface area contributed by atoms with Crippen LogP contribution in [0, 0.1) is 18.7 Å². The number of halogens is 2. The maximum atomic E-state index is 14.4. The molecular weight excluding hydrogens is 525 g/mol. The molecule has 0 radical (unpaired) electrons. The molecule has 3 aromatic rings. The quantitative estimate of drug-likeness (QED) is 0.313. The average Bonchev–Trinajstić information content (AvgIpc) is 3.48. The first kappa shape index (κ1) is 28.7. The summed E-state index contributed by atoms with van der Waals surface area (Å²) in [6.07, 6.45) is 5.72. The van der Waals surface area contributed by atoms with Gasteiger partial charge in [-0.15, -0.1) is 0 Å². The molecule has 0 unspecified atom stereocenters. The van der Waals surface area contributed by atoms with E-state index < -0.39 is 17.8 Å². The lowest BCUT2D eigenvalue weighted by Gasteiger charge is -2.33. The minimum Gasteiger partial charge on any atom is -0.493 e. The van der Waals surface area contributed by atoms with Crippen LogP contribution in [0.3, 0.4) is 0 Å². The van der Waals surface area contributed by atoms with Crippen molar-refractivity contribution in [2.45, 2.75) is 58.2 Å². The molecule has 39 heavy (non-hydrogen) atoms. The number of aryl methyl sites for hydroxylation is 2. The smallest absolute Gasteiger partial charge is 0.330 e. The van der Waals surface area contributed by atoms with Gasteiger partial charge in [-0.05, 0) is 60.6 Å². The largest absolute Gasteiger partial charge is 0.493 e. The number of rotatable bonds is 12. The zero-order chi connectivity index (χ0) is 28.1. The van der Waals surface area contributed by atoms with Crippen molar-refractivity contribution in [1.82, 2.24) is 14.0 Å². The predicted octanol–water partition coefficient (Wildman–Crippen LogP) is 5.28. The molecule has 0 aliphatic heterocycles. The number of ether oxygens (including phenoxy) is 1. The molecular formula is C29H35ClFN3O5. The van der Waals surface area contributed by atoms with E-state index in [0.29, 0.717) is 23.8 Å². The summed E-state index contributed by atoms with van der Waals surface area (Å²) >= 11 is 5.91. The van der Waals surface area contributed by atoms with Crippen molar-refractivity contribution in [1.29, 1.82) is 0 Å². The Kier molecular flexibility index (Phi) is 9.35. The number of carbonyl (C=O) groups is 1. The van der Waals surface area contributed by atoms with Gasteiger partial charge in [0.2, 0.25) is 5.88 Å². The highest BCUT2D eigenvalue weighted by Gasteiger charge is 2.28. The minimum absolute atomic E-state index is 0.00809. The lowest BCUT2D eigenvalue weighted by molar-refractivity contribution is -0.138. The van der Waals surface area contributed by atoms with Crippen LogP contribution in [0.5, 0.6) is 11.6 Å². The molecule has 0 spiro atoms. The lowest BCUT2D eigenvalue weighted by atomic mass is 9.98. The summed E-state index contributed by atoms with van der Waals surface area (Å²) in [5.41, 5.74) is 2.15. The van der Waals surface area contributed by atoms with Crippen LogP contribution in [0.25, 0.3) is 0 Å². The van der Waals surface area contributed by atoms with Crippen molar-refractivity contribution < 1.29 is 24.1 Å². The number of hydrogen-bond acceptors (Lipinski definition) is 5. The molecule has 1 atom stereocenters. The van der Waals surface area contributed by atoms with E-state index in [-0.39, 0.29) is 36.2 Å². The highest BCUT2D eigenvalue weighted by atomic mass is 35.5. The first-order chi connectivity index (χ1) is 18.6. The number of hydrogen-bond donors (Lipinski definition) is 2. The maximum absolute atomic E-state index is 14.4. The van der Waals surface area contributed by atoms with Crippen molar-refractivity contribution in [2.24, 2.45) is 13.0 Å². The first-order valence-corrected chi connectivity index (χ1v) is 13.6. The summed E-state index contributed by atoms with van der Waals surface area (Å²) in [6, 6.07) is 9.82. The van der Waals surface area contributed by atoms with Crippen LogP contribution in [0.1, 0.15) is 54.8 Å². The van der Waals surface area contributed by atoms with Crippen molar-refractivity contribution in [3.63, 3.8) is 0 Å². The number of carboxylic acids is 1. The molecule has 2 N–H and O–H groups in total. The van der Waals surface area contributed by atoms with Gasteiger partial charge in [0.25, 0.3) is 0 Å². The number of aromatic hydroxyl groups is 1. The van der Waals surface area contributed by atoms with Crippen LogP contribution in [-0.4, -0.2) is 43.4 Å². The number of carboxylic acid groups (broad SMARTS) is 1. The van der Waals surface area contributed by atoms with Gasteiger partial charge in [0, 0.05) is 26.2 Å². The van der Waals surface area contributed by atoms with E-state index in [0.717, 1.165) is 43.4 Å². The first-order valence-electron chi connectivity index (χ1n) is 13.2. The van der Waals surface area contributed by atoms with Crippen molar-refractivity contribution in [3.8, 4) is 11.6 Å². The van der Waals surface area contributed by atoms with Gasteiger partial charge >= 0.3 is 11.7 Å². The highest BCUT2D eigenvalue weighted by molar-refractivity contribution is 6.30. The summed E-state index contributed by atoms with van der Waals surface area (Å²) < 4.78 is 22.8. The molecule has 0 saturated heterocycles. The molecule has 1 aliphatic carbocycles. The lowest BCUT2D eigenvalue weighted by Crippen LogP contribution is -2.34. The van der Waals surface area contributed by atoms with Crippen LogP contribution in [0.2, 0.25) is 5.02 Å². The molecule has 1 aliphatic rings. The fourth-order valence-electron chi connectivity index (χ4n) is 5.42. The van der Waals surface area contributed by atoms with Crippen LogP contribution < -0.4 is 10.4 Å². The van der Waals surface area contributed by atoms with Gasteiger partial charge in [-0.2, -0.15) is 0 Å². The normalized spacial score (nSPS) is 14.7. The molecule has 1 fully saturated rings. The summed E-state index contributed by atoms with van der Waals surface area (Å²) in [4.78, 5) is 26.1. The second kappa shape index (κ2) is 12.7. The molecule has 0 bridgehead atoms. The number of benzene rings is 2. The molecule has 2 aromatic carbocycles. The van der Waals surface area contributed by atoms with Gasteiger partial charge in [-0.1, -0.05) is 42.6 Å². The van der Waals surface area contributed by atoms with E-state index in [9.17, 15) is 24.2 Å². The van der Waals surface area contributed by atoms with Gasteiger partial charge in [-0.3, -0.25) is 18.8 Å². The Hall–Kier alpha value is -3.30. The zero-order valence-electron chi connectivity index (χ0n) is 22.3. The third-order valence-electron chi connectivity index (χ3n) is 7.42. The predicted molar refractivity (Wildman–Crippen MR) is 147 cm³/mol. The second-order valence-corrected chi connectivity index (χ2v) is 10.8. The average molecular weight is 560 g/mol. The number of nitrogens with zero attached hydrogens (tertiary/aromatic N) is 3. The standard InChI is InChI=1S/C29H35ClFN3O5/c1-19-13-21(7-10-26(19)39-12-11-34-27(35)18-32(2)29(34)38)17-33(16-20-5-3-4-6-20)25(15-28(36)37)22-8-9-23(30)24(31)14-22/h7-10,13-14,18,20,25,35H,3-6,11-12,15-17H2,1-2H3,(H,36,37)/t25-/m0/s1. The molecule has 4 rings (SSSR count). The zero-order valence-corrected chi connectivity index (χ0v) is 23.0. The fraction of sp³-hybridized carbons (Fsp3) is 0.448. The number of imidazole rings is 1. The fourth-order valence-corrected chi connectivity index (χ4v) is 5.54. The van der Waals surface area contributed by atoms with Gasteiger partial charge in [0.15, 0.2) is 0 Å². The van der Waals surface area contributed by atoms with E-state index in [2.05, 4.69) is 4.90 Å². The van der Waals surface area contributed by atoms with E-state index in [1.165, 1.54) is 27.5 Å². The van der Waals surface area contributed by atoms with E-state index in [1.807, 2.05) is 25.1 Å². The van der Waals surface area contributed by atoms with Crippen LogP contribution >= 0.6 is 11.6 Å². The SMILES string of the molecule is Cc1cc(CN(CC2CCCC2)[C@@H](CC(=O)O)c2ccc(Cl)c(F)c2)ccc1OCCn1c(O)cn(C)c1=O. The highest BCUT2D eigenvalue weighted by Crippen LogP contribution is 2.34. The summed E-state index contributed by atoms with van der Waals surface area (Å²) in [5, 5.41) is 19.6. The van der Waals surface area contributed by atoms with Crippen LogP contribution in [0.15, 0.2) is 47.4 Å². The molecule has 1 aromatic heterocycles. The Morgan fingerprint density at radius 1 is 1.23 bits per heavy atom.